The molecule has 4 fully saturated rings. The van der Waals surface area contributed by atoms with Crippen molar-refractivity contribution in [2.45, 2.75) is 89.4 Å². The van der Waals surface area contributed by atoms with Gasteiger partial charge in [-0.15, -0.1) is 0 Å². The number of hydrogen-bond donors (Lipinski definition) is 2. The summed E-state index contributed by atoms with van der Waals surface area (Å²) in [5.74, 6) is 0.990. The molecular weight excluding hydrogens is 356 g/mol. The predicted molar refractivity (Wildman–Crippen MR) is 106 cm³/mol. The lowest BCUT2D eigenvalue weighted by atomic mass is 9.71. The number of fused-ring (bicyclic) bond motifs is 3. The van der Waals surface area contributed by atoms with Gasteiger partial charge in [0, 0.05) is 25.0 Å². The Morgan fingerprint density at radius 1 is 1.11 bits per heavy atom. The average Bonchev–Trinajstić information content (AvgIpc) is 3.20. The van der Waals surface area contributed by atoms with Crippen LogP contribution in [0.1, 0.15) is 72.1 Å². The Hall–Kier alpha value is -1.30. The van der Waals surface area contributed by atoms with E-state index in [9.17, 15) is 14.7 Å². The van der Waals surface area contributed by atoms with E-state index in [4.69, 9.17) is 4.74 Å². The SMILES string of the molecule is CC(C)(C)OC(=O)N[C@@H]1[C@H]2CC[C@@H](C2)[C@@H]1C(=O)N1CC[C@@]2(O)CCCC[C@H]2C1. The van der Waals surface area contributed by atoms with E-state index in [1.54, 1.807) is 0 Å². The van der Waals surface area contributed by atoms with Crippen LogP contribution in [0, 0.1) is 23.7 Å². The van der Waals surface area contributed by atoms with Crippen LogP contribution >= 0.6 is 0 Å². The van der Waals surface area contributed by atoms with Gasteiger partial charge < -0.3 is 20.1 Å². The number of rotatable bonds is 2. The summed E-state index contributed by atoms with van der Waals surface area (Å²) in [5, 5.41) is 14.0. The molecule has 28 heavy (non-hydrogen) atoms. The summed E-state index contributed by atoms with van der Waals surface area (Å²) in [7, 11) is 0. The fourth-order valence-corrected chi connectivity index (χ4v) is 6.28. The van der Waals surface area contributed by atoms with Gasteiger partial charge in [0.2, 0.25) is 5.91 Å². The van der Waals surface area contributed by atoms with E-state index in [-0.39, 0.29) is 23.8 Å². The molecule has 4 aliphatic rings. The normalized spacial score (nSPS) is 40.1. The first-order valence-corrected chi connectivity index (χ1v) is 11.2. The maximum absolute atomic E-state index is 13.5. The van der Waals surface area contributed by atoms with Crippen molar-refractivity contribution in [2.75, 3.05) is 13.1 Å². The lowest BCUT2D eigenvalue weighted by Gasteiger charge is -2.48. The van der Waals surface area contributed by atoms with E-state index < -0.39 is 17.3 Å². The summed E-state index contributed by atoms with van der Waals surface area (Å²) in [4.78, 5) is 27.9. The van der Waals surface area contributed by atoms with Crippen LogP contribution in [0.2, 0.25) is 0 Å². The van der Waals surface area contributed by atoms with E-state index in [2.05, 4.69) is 5.32 Å². The zero-order valence-electron chi connectivity index (χ0n) is 17.6. The number of nitrogens with zero attached hydrogens (tertiary/aromatic N) is 1. The monoisotopic (exact) mass is 392 g/mol. The largest absolute Gasteiger partial charge is 0.444 e. The predicted octanol–water partition coefficient (Wildman–Crippen LogP) is 3.08. The molecule has 1 heterocycles. The molecule has 2 amide bonds. The molecule has 2 bridgehead atoms. The van der Waals surface area contributed by atoms with Gasteiger partial charge in [-0.05, 0) is 71.1 Å². The maximum Gasteiger partial charge on any atom is 0.407 e. The molecule has 1 aliphatic heterocycles. The molecule has 1 saturated heterocycles. The molecule has 6 atom stereocenters. The summed E-state index contributed by atoms with van der Waals surface area (Å²) < 4.78 is 5.46. The number of carbonyl (C=O) groups excluding carboxylic acids is 2. The number of aliphatic hydroxyl groups is 1. The molecule has 0 unspecified atom stereocenters. The Kier molecular flexibility index (Phi) is 5.13. The highest BCUT2D eigenvalue weighted by molar-refractivity contribution is 5.82. The van der Waals surface area contributed by atoms with Crippen molar-refractivity contribution in [3.05, 3.63) is 0 Å². The first-order valence-electron chi connectivity index (χ1n) is 11.2. The molecule has 6 heteroatoms. The average molecular weight is 393 g/mol. The number of piperidine rings is 1. The number of hydrogen-bond acceptors (Lipinski definition) is 4. The molecule has 3 aliphatic carbocycles. The van der Waals surface area contributed by atoms with Crippen LogP contribution in [-0.4, -0.2) is 52.3 Å². The van der Waals surface area contributed by atoms with E-state index >= 15 is 0 Å². The third-order valence-corrected chi connectivity index (χ3v) is 7.62. The highest BCUT2D eigenvalue weighted by Gasteiger charge is 2.54. The van der Waals surface area contributed by atoms with Crippen molar-refractivity contribution in [3.63, 3.8) is 0 Å². The maximum atomic E-state index is 13.5. The summed E-state index contributed by atoms with van der Waals surface area (Å²) in [6.45, 7) is 6.88. The molecule has 2 N–H and O–H groups in total. The van der Waals surface area contributed by atoms with Crippen LogP contribution in [0.25, 0.3) is 0 Å². The van der Waals surface area contributed by atoms with Gasteiger partial charge in [0.15, 0.2) is 0 Å². The molecule has 0 aromatic carbocycles. The standard InChI is InChI=1S/C22H36N2O4/c1-21(2,3)28-20(26)23-18-15-8-7-14(12-15)17(18)19(25)24-11-10-22(27)9-5-4-6-16(22)13-24/h14-18,27H,4-13H2,1-3H3,(H,23,26)/t14-,15-,16-,17-,18+,22-/m0/s1. The Morgan fingerprint density at radius 3 is 2.61 bits per heavy atom. The number of nitrogens with one attached hydrogen (secondary N) is 1. The van der Waals surface area contributed by atoms with Gasteiger partial charge in [-0.25, -0.2) is 4.79 Å². The highest BCUT2D eigenvalue weighted by atomic mass is 16.6. The van der Waals surface area contributed by atoms with Crippen LogP contribution in [0.15, 0.2) is 0 Å². The Morgan fingerprint density at radius 2 is 1.86 bits per heavy atom. The van der Waals surface area contributed by atoms with Crippen LogP contribution < -0.4 is 5.32 Å². The Balaban J connectivity index is 1.44. The Labute approximate surface area is 168 Å². The van der Waals surface area contributed by atoms with Gasteiger partial charge >= 0.3 is 6.09 Å². The van der Waals surface area contributed by atoms with Gasteiger partial charge in [0.05, 0.1) is 11.5 Å². The first-order chi connectivity index (χ1) is 13.2. The third kappa shape index (κ3) is 3.77. The topological polar surface area (TPSA) is 78.9 Å². The summed E-state index contributed by atoms with van der Waals surface area (Å²) >= 11 is 0. The minimum absolute atomic E-state index is 0.117. The molecule has 4 rings (SSSR count). The fourth-order valence-electron chi connectivity index (χ4n) is 6.28. The first kappa shape index (κ1) is 20.0. The molecule has 0 aromatic rings. The van der Waals surface area contributed by atoms with E-state index in [1.165, 1.54) is 0 Å². The number of ether oxygens (including phenoxy) is 1. The minimum Gasteiger partial charge on any atom is -0.444 e. The van der Waals surface area contributed by atoms with E-state index in [0.29, 0.717) is 31.3 Å². The second kappa shape index (κ2) is 7.19. The quantitative estimate of drug-likeness (QED) is 0.757. The van der Waals surface area contributed by atoms with E-state index in [1.807, 2.05) is 25.7 Å². The number of carbonyl (C=O) groups is 2. The van der Waals surface area contributed by atoms with E-state index in [0.717, 1.165) is 44.9 Å². The van der Waals surface area contributed by atoms with Gasteiger partial charge in [0.25, 0.3) is 0 Å². The van der Waals surface area contributed by atoms with Crippen molar-refractivity contribution in [3.8, 4) is 0 Å². The smallest absolute Gasteiger partial charge is 0.407 e. The molecule has 3 saturated carbocycles. The molecule has 0 radical (unpaired) electrons. The Bertz CT molecular complexity index is 631. The molecule has 0 spiro atoms. The zero-order chi connectivity index (χ0) is 20.1. The van der Waals surface area contributed by atoms with Crippen molar-refractivity contribution >= 4 is 12.0 Å². The van der Waals surface area contributed by atoms with Crippen LogP contribution in [0.5, 0.6) is 0 Å². The molecule has 6 nitrogen and oxygen atoms in total. The molecule has 158 valence electrons. The number of alkyl carbamates (subject to hydrolysis) is 1. The number of amides is 2. The minimum atomic E-state index is -0.572. The van der Waals surface area contributed by atoms with Gasteiger partial charge in [-0.2, -0.15) is 0 Å². The van der Waals surface area contributed by atoms with Gasteiger partial charge in [-0.3, -0.25) is 4.79 Å². The lowest BCUT2D eigenvalue weighted by molar-refractivity contribution is -0.149. The summed E-state index contributed by atoms with van der Waals surface area (Å²) in [6.07, 6.45) is 7.58. The lowest BCUT2D eigenvalue weighted by Crippen LogP contribution is -2.58. The second-order valence-corrected chi connectivity index (χ2v) is 10.6. The van der Waals surface area contributed by atoms with Crippen molar-refractivity contribution in [2.24, 2.45) is 23.7 Å². The zero-order valence-corrected chi connectivity index (χ0v) is 17.6. The third-order valence-electron chi connectivity index (χ3n) is 7.62. The van der Waals surface area contributed by atoms with Crippen LogP contribution in [-0.2, 0) is 9.53 Å². The fraction of sp³-hybridized carbons (Fsp3) is 0.909. The van der Waals surface area contributed by atoms with Crippen LogP contribution in [0.3, 0.4) is 0 Å². The van der Waals surface area contributed by atoms with Gasteiger partial charge in [-0.1, -0.05) is 12.8 Å². The second-order valence-electron chi connectivity index (χ2n) is 10.6. The molecular formula is C22H36N2O4. The molecule has 0 aromatic heterocycles. The van der Waals surface area contributed by atoms with Gasteiger partial charge in [0.1, 0.15) is 5.60 Å². The van der Waals surface area contributed by atoms with Crippen molar-refractivity contribution < 1.29 is 19.4 Å². The summed E-state index contributed by atoms with van der Waals surface area (Å²) in [5.41, 5.74) is -1.11. The van der Waals surface area contributed by atoms with Crippen molar-refractivity contribution in [1.29, 1.82) is 0 Å². The van der Waals surface area contributed by atoms with Crippen LogP contribution in [0.4, 0.5) is 4.79 Å². The van der Waals surface area contributed by atoms with Crippen molar-refractivity contribution in [1.82, 2.24) is 10.2 Å². The number of likely N-dealkylation sites (tertiary alicyclic amines) is 1. The highest BCUT2D eigenvalue weighted by Crippen LogP contribution is 2.50. The summed E-state index contributed by atoms with van der Waals surface area (Å²) in [6, 6.07) is -0.117.